The van der Waals surface area contributed by atoms with E-state index in [2.05, 4.69) is 60.6 Å². The number of aliphatic hydroxyl groups excluding tert-OH is 3. The predicted molar refractivity (Wildman–Crippen MR) is 215 cm³/mol. The molecule has 7 nitrogen and oxygen atoms in total. The summed E-state index contributed by atoms with van der Waals surface area (Å²) in [6, 6.07) is 9.62. The van der Waals surface area contributed by atoms with Gasteiger partial charge in [-0.25, -0.2) is 0 Å². The first-order valence-electron chi connectivity index (χ1n) is 20.5. The molecule has 5 rings (SSSR count). The maximum absolute atomic E-state index is 12.5. The van der Waals surface area contributed by atoms with Crippen molar-refractivity contribution in [3.8, 4) is 0 Å². The molecule has 7 atom stereocenters. The molecule has 0 saturated heterocycles. The minimum Gasteiger partial charge on any atom is -0.396 e. The van der Waals surface area contributed by atoms with Gasteiger partial charge >= 0.3 is 0 Å². The normalized spacial score (nSPS) is 33.8. The van der Waals surface area contributed by atoms with Crippen LogP contribution in [0.3, 0.4) is 0 Å². The molecule has 1 aliphatic heterocycles. The highest BCUT2D eigenvalue weighted by molar-refractivity contribution is 5.74. The molecule has 3 fully saturated rings. The Morgan fingerprint density at radius 3 is 2.57 bits per heavy atom. The number of carbonyl (C=O) groups excluding carboxylic acids is 1. The van der Waals surface area contributed by atoms with Crippen molar-refractivity contribution >= 4 is 6.29 Å². The van der Waals surface area contributed by atoms with Crippen LogP contribution in [0.1, 0.15) is 102 Å². The highest BCUT2D eigenvalue weighted by atomic mass is 16.3. The summed E-state index contributed by atoms with van der Waals surface area (Å²) in [7, 11) is 1.87. The molecule has 1 aromatic carbocycles. The lowest BCUT2D eigenvalue weighted by Crippen LogP contribution is -2.61. The van der Waals surface area contributed by atoms with Gasteiger partial charge in [0.15, 0.2) is 0 Å². The summed E-state index contributed by atoms with van der Waals surface area (Å²) in [6.45, 7) is 9.90. The van der Waals surface area contributed by atoms with Crippen molar-refractivity contribution in [2.24, 2.45) is 29.1 Å². The Kier molecular flexibility index (Phi) is 15.1. The molecule has 0 unspecified atom stereocenters. The Morgan fingerprint density at radius 2 is 1.87 bits per heavy atom. The van der Waals surface area contributed by atoms with E-state index < -0.39 is 17.1 Å². The summed E-state index contributed by atoms with van der Waals surface area (Å²) in [4.78, 5) is 12.1. The number of rotatable bonds is 13. The molecule has 53 heavy (non-hydrogen) atoms. The topological polar surface area (TPSA) is 122 Å². The molecule has 1 aromatic rings. The van der Waals surface area contributed by atoms with Crippen LogP contribution in [0.5, 0.6) is 0 Å². The fraction of sp³-hybridized carbons (Fsp3) is 0.630. The lowest BCUT2D eigenvalue weighted by Gasteiger charge is -2.57. The van der Waals surface area contributed by atoms with Crippen LogP contribution >= 0.6 is 0 Å². The van der Waals surface area contributed by atoms with Crippen LogP contribution in [-0.4, -0.2) is 77.8 Å². The van der Waals surface area contributed by atoms with Gasteiger partial charge in [0.2, 0.25) is 0 Å². The van der Waals surface area contributed by atoms with Crippen LogP contribution in [0.15, 0.2) is 83.0 Å². The molecule has 1 heterocycles. The van der Waals surface area contributed by atoms with Crippen molar-refractivity contribution < 1.29 is 25.2 Å². The van der Waals surface area contributed by atoms with Crippen LogP contribution in [-0.2, 0) is 17.6 Å². The van der Waals surface area contributed by atoms with Gasteiger partial charge in [-0.05, 0) is 145 Å². The van der Waals surface area contributed by atoms with Crippen LogP contribution in [0.25, 0.3) is 0 Å². The van der Waals surface area contributed by atoms with Gasteiger partial charge in [0.05, 0.1) is 18.3 Å². The van der Waals surface area contributed by atoms with Gasteiger partial charge in [-0.3, -0.25) is 4.79 Å². The van der Waals surface area contributed by atoms with E-state index in [1.54, 1.807) is 0 Å². The molecule has 3 saturated carbocycles. The largest absolute Gasteiger partial charge is 0.396 e. The molecular formula is C46H68N2O5. The van der Waals surface area contributed by atoms with Crippen molar-refractivity contribution in [3.05, 3.63) is 94.1 Å². The number of allylic oxidation sites excluding steroid dienone is 7. The van der Waals surface area contributed by atoms with Crippen LogP contribution in [0.4, 0.5) is 0 Å². The fourth-order valence-corrected chi connectivity index (χ4v) is 10.7. The zero-order valence-electron chi connectivity index (χ0n) is 32.8. The Hall–Kier alpha value is -2.65. The molecule has 0 amide bonds. The zero-order valence-corrected chi connectivity index (χ0v) is 32.8. The lowest BCUT2D eigenvalue weighted by molar-refractivity contribution is -0.180. The second-order valence-corrected chi connectivity index (χ2v) is 16.8. The third kappa shape index (κ3) is 9.42. The number of hydrogen-bond acceptors (Lipinski definition) is 7. The summed E-state index contributed by atoms with van der Waals surface area (Å²) >= 11 is 0. The van der Waals surface area contributed by atoms with Gasteiger partial charge in [-0.1, -0.05) is 84.7 Å². The quantitative estimate of drug-likeness (QED) is 0.0578. The predicted octanol–water partition coefficient (Wildman–Crippen LogP) is 6.71. The smallest absolute Gasteiger partial charge is 0.145 e. The average Bonchev–Trinajstić information content (AvgIpc) is 3.82. The first kappa shape index (κ1) is 41.5. The molecule has 2 bridgehead atoms. The average molecular weight is 729 g/mol. The van der Waals surface area contributed by atoms with E-state index in [9.17, 15) is 25.2 Å². The number of fused-ring (bicyclic) bond motifs is 2. The van der Waals surface area contributed by atoms with Crippen molar-refractivity contribution in [3.63, 3.8) is 0 Å². The number of aliphatic hydroxyl groups is 4. The Labute approximate surface area is 319 Å². The van der Waals surface area contributed by atoms with Gasteiger partial charge < -0.3 is 31.1 Å². The van der Waals surface area contributed by atoms with E-state index in [0.29, 0.717) is 63.1 Å². The molecule has 292 valence electrons. The summed E-state index contributed by atoms with van der Waals surface area (Å²) in [5, 5.41) is 52.6. The number of benzene rings is 1. The van der Waals surface area contributed by atoms with E-state index in [1.165, 1.54) is 42.4 Å². The van der Waals surface area contributed by atoms with Crippen LogP contribution in [0, 0.1) is 29.1 Å². The summed E-state index contributed by atoms with van der Waals surface area (Å²) < 4.78 is 0. The number of carbonyl (C=O) groups is 1. The maximum Gasteiger partial charge on any atom is 0.145 e. The van der Waals surface area contributed by atoms with Gasteiger partial charge in [0.25, 0.3) is 0 Å². The monoisotopic (exact) mass is 729 g/mol. The van der Waals surface area contributed by atoms with E-state index in [4.69, 9.17) is 0 Å². The number of aldehydes is 1. The highest BCUT2D eigenvalue weighted by Crippen LogP contribution is 2.63. The molecule has 3 aliphatic carbocycles. The SMILES string of the molecule is C=C(/C=C/C=C(/CO)[C@@H]1CC[C@]2([C@@H]1O)[C@@H](CCCO)/C(=C(/C)C=O)CC[C@]2(O)CCNC)[C@@H]1C/C=C(\C)CN[C@@H](C2CCCC2)Cc2cccc(c2)C1. The fourth-order valence-electron chi connectivity index (χ4n) is 10.7. The second-order valence-electron chi connectivity index (χ2n) is 16.8. The maximum atomic E-state index is 12.5. The van der Waals surface area contributed by atoms with E-state index in [-0.39, 0.29) is 31.0 Å². The minimum absolute atomic E-state index is 0.00447. The van der Waals surface area contributed by atoms with Gasteiger partial charge in [0, 0.05) is 30.5 Å². The zero-order chi connectivity index (χ0) is 38.0. The summed E-state index contributed by atoms with van der Waals surface area (Å²) in [6.07, 6.45) is 20.3. The molecule has 4 aliphatic rings. The molecule has 0 aromatic heterocycles. The lowest BCUT2D eigenvalue weighted by atomic mass is 9.51. The van der Waals surface area contributed by atoms with Gasteiger partial charge in [-0.15, -0.1) is 0 Å². The molecule has 6 N–H and O–H groups in total. The Balaban J connectivity index is 1.38. The highest BCUT2D eigenvalue weighted by Gasteiger charge is 2.65. The van der Waals surface area contributed by atoms with Crippen molar-refractivity contribution in [1.82, 2.24) is 10.6 Å². The van der Waals surface area contributed by atoms with Crippen molar-refractivity contribution in [1.29, 1.82) is 0 Å². The summed E-state index contributed by atoms with van der Waals surface area (Å²) in [5.74, 6) is 0.379. The Morgan fingerprint density at radius 1 is 1.11 bits per heavy atom. The third-order valence-electron chi connectivity index (χ3n) is 13.7. The number of hydrogen-bond donors (Lipinski definition) is 6. The second kappa shape index (κ2) is 19.3. The molecule has 1 spiro atoms. The molecule has 7 heteroatoms. The van der Waals surface area contributed by atoms with Gasteiger partial charge in [-0.2, -0.15) is 0 Å². The van der Waals surface area contributed by atoms with Gasteiger partial charge in [0.1, 0.15) is 6.29 Å². The molecule has 0 radical (unpaired) electrons. The van der Waals surface area contributed by atoms with Crippen molar-refractivity contribution in [2.45, 2.75) is 121 Å². The Bertz CT molecular complexity index is 1520. The first-order chi connectivity index (χ1) is 25.6. The first-order valence-corrected chi connectivity index (χ1v) is 20.5. The summed E-state index contributed by atoms with van der Waals surface area (Å²) in [5.41, 5.74) is 5.45. The third-order valence-corrected chi connectivity index (χ3v) is 13.7. The number of nitrogens with one attached hydrogen (secondary N) is 2. The van der Waals surface area contributed by atoms with Crippen molar-refractivity contribution in [2.75, 3.05) is 33.4 Å². The van der Waals surface area contributed by atoms with Crippen LogP contribution < -0.4 is 10.6 Å². The van der Waals surface area contributed by atoms with Crippen LogP contribution in [0.2, 0.25) is 0 Å². The minimum atomic E-state index is -1.16. The molecular weight excluding hydrogens is 661 g/mol. The van der Waals surface area contributed by atoms with E-state index in [0.717, 1.165) is 54.7 Å². The standard InChI is InChI=1S/C46H68N2O5/c1-32-17-18-38(27-35-11-8-12-36(26-35)28-43(48-29-32)37-13-5-6-14-37)33(2)10-7-15-39(31-51)41-20-22-46(44(41)52)42(16-9-25-49)40(34(3)30-50)19-21-45(46,53)23-24-47-4/h7-8,10-12,15,17,26,30,37-38,41-44,47-49,51-53H,2,5-6,9,13-14,16,18-25,27-29,31H2,1,3-4H3/b10-7+,32-17+,39-15-,40-34-/t38-,41+,42+,43-,44-,45+,46-/m1/s1. The van der Waals surface area contributed by atoms with E-state index in [1.807, 2.05) is 26.1 Å². The van der Waals surface area contributed by atoms with E-state index >= 15 is 0 Å².